The molecule has 2 rings (SSSR count). The number of anilines is 1. The average Bonchev–Trinajstić information content (AvgIpc) is 3.08. The summed E-state index contributed by atoms with van der Waals surface area (Å²) in [4.78, 5) is 60.7. The predicted molar refractivity (Wildman–Crippen MR) is 93.0 cm³/mol. The molecule has 1 aromatic heterocycles. The van der Waals surface area contributed by atoms with Gasteiger partial charge < -0.3 is 15.4 Å². The largest absolute Gasteiger partial charge is 0.462 e. The zero-order chi connectivity index (χ0) is 19.4. The Hall–Kier alpha value is -2.75. The fraction of sp³-hybridized carbons (Fsp3) is 0.438. The maximum Gasteiger partial charge on any atom is 0.348 e. The molecule has 10 heteroatoms. The molecule has 0 saturated carbocycles. The average molecular weight is 381 g/mol. The topological polar surface area (TPSA) is 122 Å². The summed E-state index contributed by atoms with van der Waals surface area (Å²) < 4.78 is 4.96. The number of hydrogen-bond donors (Lipinski definition) is 2. The van der Waals surface area contributed by atoms with Gasteiger partial charge in [0.05, 0.1) is 12.2 Å². The van der Waals surface area contributed by atoms with E-state index in [9.17, 15) is 24.0 Å². The summed E-state index contributed by atoms with van der Waals surface area (Å²) in [6, 6.07) is 0. The fourth-order valence-corrected chi connectivity index (χ4v) is 3.61. The lowest BCUT2D eigenvalue weighted by Crippen LogP contribution is -2.37. The summed E-state index contributed by atoms with van der Waals surface area (Å²) in [5.41, 5.74) is 0.532. The standard InChI is InChI=1S/C16H19N3O6S/c1-4-25-16(24)13-8(2)12(14(23)17-3)15(26-13)18-9(20)7-19-10(21)5-6-11(19)22/h4-7H2,1-3H3,(H,17,23)(H,18,20). The van der Waals surface area contributed by atoms with Gasteiger partial charge in [0, 0.05) is 19.9 Å². The number of nitrogens with one attached hydrogen (secondary N) is 2. The van der Waals surface area contributed by atoms with E-state index in [1.165, 1.54) is 7.05 Å². The lowest BCUT2D eigenvalue weighted by Gasteiger charge is -2.13. The maximum atomic E-state index is 12.2. The second-order valence-corrected chi connectivity index (χ2v) is 6.50. The first-order chi connectivity index (χ1) is 12.3. The number of ether oxygens (including phenoxy) is 1. The molecule has 1 aliphatic rings. The Labute approximate surface area is 153 Å². The number of likely N-dealkylation sites (tertiary alicyclic amines) is 1. The van der Waals surface area contributed by atoms with Crippen molar-refractivity contribution in [2.24, 2.45) is 0 Å². The van der Waals surface area contributed by atoms with Crippen molar-refractivity contribution in [1.29, 1.82) is 0 Å². The minimum atomic E-state index is -0.629. The molecule has 0 aliphatic carbocycles. The number of imide groups is 1. The molecule has 26 heavy (non-hydrogen) atoms. The van der Waals surface area contributed by atoms with Gasteiger partial charge in [0.15, 0.2) is 0 Å². The van der Waals surface area contributed by atoms with Gasteiger partial charge in [0.25, 0.3) is 5.91 Å². The van der Waals surface area contributed by atoms with Crippen molar-refractivity contribution in [3.63, 3.8) is 0 Å². The molecule has 0 aromatic carbocycles. The molecular formula is C16H19N3O6S. The van der Waals surface area contributed by atoms with E-state index in [0.29, 0.717) is 5.56 Å². The number of carbonyl (C=O) groups excluding carboxylic acids is 5. The second kappa shape index (κ2) is 8.09. The van der Waals surface area contributed by atoms with Crippen LogP contribution in [0.4, 0.5) is 5.00 Å². The molecule has 9 nitrogen and oxygen atoms in total. The third-order valence-electron chi connectivity index (χ3n) is 3.77. The predicted octanol–water partition coefficient (Wildman–Crippen LogP) is 0.680. The van der Waals surface area contributed by atoms with Gasteiger partial charge in [-0.2, -0.15) is 0 Å². The molecule has 4 amide bonds. The van der Waals surface area contributed by atoms with E-state index in [-0.39, 0.29) is 34.9 Å². The monoisotopic (exact) mass is 381 g/mol. The number of rotatable bonds is 6. The van der Waals surface area contributed by atoms with E-state index >= 15 is 0 Å². The minimum absolute atomic E-state index is 0.0840. The number of amides is 4. The van der Waals surface area contributed by atoms with E-state index in [0.717, 1.165) is 16.2 Å². The van der Waals surface area contributed by atoms with Crippen molar-refractivity contribution in [3.8, 4) is 0 Å². The van der Waals surface area contributed by atoms with Gasteiger partial charge >= 0.3 is 5.97 Å². The van der Waals surface area contributed by atoms with E-state index < -0.39 is 36.1 Å². The number of hydrogen-bond acceptors (Lipinski definition) is 7. The smallest absolute Gasteiger partial charge is 0.348 e. The van der Waals surface area contributed by atoms with Gasteiger partial charge in [0.1, 0.15) is 16.4 Å². The fourth-order valence-electron chi connectivity index (χ4n) is 2.50. The van der Waals surface area contributed by atoms with Gasteiger partial charge in [0.2, 0.25) is 17.7 Å². The molecule has 0 spiro atoms. The Morgan fingerprint density at radius 1 is 1.19 bits per heavy atom. The van der Waals surface area contributed by atoms with Crippen LogP contribution in [-0.4, -0.2) is 54.7 Å². The van der Waals surface area contributed by atoms with E-state index in [4.69, 9.17) is 4.74 Å². The summed E-state index contributed by atoms with van der Waals surface area (Å²) in [6.45, 7) is 2.98. The van der Waals surface area contributed by atoms with Gasteiger partial charge in [-0.15, -0.1) is 11.3 Å². The van der Waals surface area contributed by atoms with E-state index in [1.807, 2.05) is 0 Å². The Kier molecular flexibility index (Phi) is 6.09. The number of thiophene rings is 1. The van der Waals surface area contributed by atoms with Gasteiger partial charge in [-0.3, -0.25) is 24.1 Å². The molecular weight excluding hydrogens is 362 g/mol. The van der Waals surface area contributed by atoms with E-state index in [2.05, 4.69) is 10.6 Å². The van der Waals surface area contributed by atoms with E-state index in [1.54, 1.807) is 13.8 Å². The van der Waals surface area contributed by atoms with Crippen LogP contribution in [-0.2, 0) is 19.1 Å². The van der Waals surface area contributed by atoms with Crippen LogP contribution in [0.3, 0.4) is 0 Å². The Balaban J connectivity index is 2.26. The minimum Gasteiger partial charge on any atom is -0.462 e. The zero-order valence-electron chi connectivity index (χ0n) is 14.6. The summed E-state index contributed by atoms with van der Waals surface area (Å²) in [5.74, 6) is -2.52. The lowest BCUT2D eigenvalue weighted by molar-refractivity contribution is -0.141. The normalized spacial score (nSPS) is 13.7. The number of nitrogens with zero attached hydrogens (tertiary/aromatic N) is 1. The molecule has 1 aliphatic heterocycles. The van der Waals surface area contributed by atoms with Crippen molar-refractivity contribution in [2.75, 3.05) is 25.5 Å². The van der Waals surface area contributed by atoms with Crippen LogP contribution in [0.25, 0.3) is 0 Å². The summed E-state index contributed by atoms with van der Waals surface area (Å²) in [5, 5.41) is 5.13. The van der Waals surface area contributed by atoms with Crippen LogP contribution < -0.4 is 10.6 Å². The van der Waals surface area contributed by atoms with Crippen LogP contribution in [0.1, 0.15) is 45.4 Å². The molecule has 0 atom stereocenters. The van der Waals surface area contributed by atoms with Gasteiger partial charge in [-0.25, -0.2) is 4.79 Å². The van der Waals surface area contributed by atoms with Crippen LogP contribution >= 0.6 is 11.3 Å². The van der Waals surface area contributed by atoms with Crippen molar-refractivity contribution in [3.05, 3.63) is 16.0 Å². The highest BCUT2D eigenvalue weighted by atomic mass is 32.1. The quantitative estimate of drug-likeness (QED) is 0.552. The number of carbonyl (C=O) groups is 5. The van der Waals surface area contributed by atoms with Crippen molar-refractivity contribution < 1.29 is 28.7 Å². The highest BCUT2D eigenvalue weighted by Gasteiger charge is 2.31. The van der Waals surface area contributed by atoms with Crippen LogP contribution in [0.15, 0.2) is 0 Å². The molecule has 0 radical (unpaired) electrons. The summed E-state index contributed by atoms with van der Waals surface area (Å²) >= 11 is 0.910. The van der Waals surface area contributed by atoms with Crippen LogP contribution in [0.5, 0.6) is 0 Å². The molecule has 0 bridgehead atoms. The van der Waals surface area contributed by atoms with Crippen molar-refractivity contribution >= 4 is 45.9 Å². The van der Waals surface area contributed by atoms with Gasteiger partial charge in [-0.1, -0.05) is 0 Å². The van der Waals surface area contributed by atoms with Crippen LogP contribution in [0, 0.1) is 6.92 Å². The Morgan fingerprint density at radius 3 is 2.35 bits per heavy atom. The molecule has 140 valence electrons. The molecule has 2 heterocycles. The molecule has 1 saturated heterocycles. The Bertz CT molecular complexity index is 769. The molecule has 0 unspecified atom stereocenters. The molecule has 1 aromatic rings. The highest BCUT2D eigenvalue weighted by Crippen LogP contribution is 2.33. The maximum absolute atomic E-state index is 12.2. The third kappa shape index (κ3) is 3.90. The first-order valence-electron chi connectivity index (χ1n) is 7.95. The first kappa shape index (κ1) is 19.6. The Morgan fingerprint density at radius 2 is 1.81 bits per heavy atom. The zero-order valence-corrected chi connectivity index (χ0v) is 15.4. The molecule has 1 fully saturated rings. The summed E-state index contributed by atoms with van der Waals surface area (Å²) in [7, 11) is 1.43. The number of esters is 1. The molecule has 2 N–H and O–H groups in total. The lowest BCUT2D eigenvalue weighted by atomic mass is 10.1. The highest BCUT2D eigenvalue weighted by molar-refractivity contribution is 7.18. The van der Waals surface area contributed by atoms with Crippen molar-refractivity contribution in [2.45, 2.75) is 26.7 Å². The van der Waals surface area contributed by atoms with Gasteiger partial charge in [-0.05, 0) is 19.4 Å². The van der Waals surface area contributed by atoms with Crippen molar-refractivity contribution in [1.82, 2.24) is 10.2 Å². The van der Waals surface area contributed by atoms with Crippen LogP contribution in [0.2, 0.25) is 0 Å². The second-order valence-electron chi connectivity index (χ2n) is 5.48. The summed E-state index contributed by atoms with van der Waals surface area (Å²) in [6.07, 6.45) is 0.168. The first-order valence-corrected chi connectivity index (χ1v) is 8.77. The third-order valence-corrected chi connectivity index (χ3v) is 4.96. The SMILES string of the molecule is CCOC(=O)c1sc(NC(=O)CN2C(=O)CCC2=O)c(C(=O)NC)c1C.